The van der Waals surface area contributed by atoms with E-state index in [1.165, 1.54) is 0 Å². The Morgan fingerprint density at radius 2 is 2.05 bits per heavy atom. The van der Waals surface area contributed by atoms with Crippen LogP contribution in [0.2, 0.25) is 5.02 Å². The highest BCUT2D eigenvalue weighted by molar-refractivity contribution is 6.32. The molecule has 6 heteroatoms. The van der Waals surface area contributed by atoms with E-state index in [-0.39, 0.29) is 19.1 Å². The average Bonchev–Trinajstić information content (AvgIpc) is 2.35. The predicted molar refractivity (Wildman–Crippen MR) is 74.3 cm³/mol. The molecule has 1 aromatic carbocycles. The lowest BCUT2D eigenvalue weighted by Gasteiger charge is -2.15. The van der Waals surface area contributed by atoms with E-state index >= 15 is 0 Å². The van der Waals surface area contributed by atoms with Crippen LogP contribution in [0.5, 0.6) is 5.75 Å². The SMILES string of the molecule is CCNC(C)c1ccc(OCCCC(F)(F)F)c(Cl)c1. The van der Waals surface area contributed by atoms with Gasteiger partial charge >= 0.3 is 6.18 Å². The number of benzene rings is 1. The van der Waals surface area contributed by atoms with E-state index in [0.717, 1.165) is 12.1 Å². The van der Waals surface area contributed by atoms with Crippen LogP contribution >= 0.6 is 11.6 Å². The van der Waals surface area contributed by atoms with Crippen molar-refractivity contribution in [2.45, 2.75) is 38.9 Å². The molecule has 114 valence electrons. The molecular formula is C14H19ClF3NO. The first kappa shape index (κ1) is 17.1. The zero-order valence-corrected chi connectivity index (χ0v) is 12.3. The number of nitrogens with one attached hydrogen (secondary N) is 1. The van der Waals surface area contributed by atoms with Crippen molar-refractivity contribution >= 4 is 11.6 Å². The van der Waals surface area contributed by atoms with Gasteiger partial charge in [-0.3, -0.25) is 0 Å². The highest BCUT2D eigenvalue weighted by Gasteiger charge is 2.26. The highest BCUT2D eigenvalue weighted by atomic mass is 35.5. The van der Waals surface area contributed by atoms with Gasteiger partial charge in [-0.1, -0.05) is 24.6 Å². The topological polar surface area (TPSA) is 21.3 Å². The molecule has 1 rings (SSSR count). The third-order valence-corrected chi connectivity index (χ3v) is 3.12. The van der Waals surface area contributed by atoms with Crippen molar-refractivity contribution in [3.8, 4) is 5.75 Å². The van der Waals surface area contributed by atoms with Crippen molar-refractivity contribution < 1.29 is 17.9 Å². The van der Waals surface area contributed by atoms with Gasteiger partial charge in [-0.05, 0) is 37.6 Å². The molecule has 1 atom stereocenters. The molecule has 0 fully saturated rings. The van der Waals surface area contributed by atoms with Crippen LogP contribution in [-0.4, -0.2) is 19.3 Å². The van der Waals surface area contributed by atoms with Crippen LogP contribution in [0.1, 0.15) is 38.3 Å². The Labute approximate surface area is 122 Å². The summed E-state index contributed by atoms with van der Waals surface area (Å²) in [4.78, 5) is 0. The molecule has 0 saturated heterocycles. The Kier molecular flexibility index (Phi) is 6.62. The average molecular weight is 310 g/mol. The lowest BCUT2D eigenvalue weighted by Crippen LogP contribution is -2.17. The number of hydrogen-bond acceptors (Lipinski definition) is 2. The van der Waals surface area contributed by atoms with E-state index in [2.05, 4.69) is 5.32 Å². The lowest BCUT2D eigenvalue weighted by atomic mass is 10.1. The summed E-state index contributed by atoms with van der Waals surface area (Å²) in [5, 5.41) is 3.67. The second-order valence-electron chi connectivity index (χ2n) is 4.54. The van der Waals surface area contributed by atoms with Gasteiger partial charge in [-0.2, -0.15) is 13.2 Å². The Hall–Kier alpha value is -0.940. The van der Waals surface area contributed by atoms with Crippen LogP contribution in [0.25, 0.3) is 0 Å². The van der Waals surface area contributed by atoms with Crippen LogP contribution in [0.4, 0.5) is 13.2 Å². The molecule has 0 heterocycles. The summed E-state index contributed by atoms with van der Waals surface area (Å²) >= 11 is 6.07. The molecule has 0 aliphatic rings. The zero-order chi connectivity index (χ0) is 15.2. The van der Waals surface area contributed by atoms with E-state index in [1.54, 1.807) is 12.1 Å². The zero-order valence-electron chi connectivity index (χ0n) is 11.6. The molecule has 0 amide bonds. The van der Waals surface area contributed by atoms with Crippen molar-refractivity contribution in [1.29, 1.82) is 0 Å². The monoisotopic (exact) mass is 309 g/mol. The van der Waals surface area contributed by atoms with Gasteiger partial charge in [-0.25, -0.2) is 0 Å². The Morgan fingerprint density at radius 1 is 1.35 bits per heavy atom. The van der Waals surface area contributed by atoms with E-state index in [4.69, 9.17) is 16.3 Å². The quantitative estimate of drug-likeness (QED) is 0.735. The minimum Gasteiger partial charge on any atom is -0.492 e. The summed E-state index contributed by atoms with van der Waals surface area (Å²) < 4.78 is 41.2. The van der Waals surface area contributed by atoms with E-state index in [0.29, 0.717) is 10.8 Å². The van der Waals surface area contributed by atoms with Crippen molar-refractivity contribution in [3.05, 3.63) is 28.8 Å². The van der Waals surface area contributed by atoms with Gasteiger partial charge in [0, 0.05) is 12.5 Å². The molecular weight excluding hydrogens is 291 g/mol. The molecule has 0 radical (unpaired) electrons. The van der Waals surface area contributed by atoms with Gasteiger partial charge in [-0.15, -0.1) is 0 Å². The second kappa shape index (κ2) is 7.74. The normalized spacial score (nSPS) is 13.3. The van der Waals surface area contributed by atoms with Gasteiger partial charge in [0.05, 0.1) is 11.6 Å². The highest BCUT2D eigenvalue weighted by Crippen LogP contribution is 2.28. The summed E-state index contributed by atoms with van der Waals surface area (Å²) in [6.45, 7) is 4.87. The van der Waals surface area contributed by atoms with Gasteiger partial charge < -0.3 is 10.1 Å². The van der Waals surface area contributed by atoms with Crippen molar-refractivity contribution in [2.24, 2.45) is 0 Å². The minimum atomic E-state index is -4.14. The maximum Gasteiger partial charge on any atom is 0.389 e. The number of ether oxygens (including phenoxy) is 1. The Morgan fingerprint density at radius 3 is 2.60 bits per heavy atom. The number of hydrogen-bond donors (Lipinski definition) is 1. The lowest BCUT2D eigenvalue weighted by molar-refractivity contribution is -0.136. The van der Waals surface area contributed by atoms with Crippen molar-refractivity contribution in [1.82, 2.24) is 5.32 Å². The molecule has 0 spiro atoms. The summed E-state index contributed by atoms with van der Waals surface area (Å²) in [6.07, 6.45) is -5.06. The van der Waals surface area contributed by atoms with E-state index < -0.39 is 12.6 Å². The number of alkyl halides is 3. The van der Waals surface area contributed by atoms with E-state index in [9.17, 15) is 13.2 Å². The molecule has 0 saturated carbocycles. The van der Waals surface area contributed by atoms with Crippen molar-refractivity contribution in [2.75, 3.05) is 13.2 Å². The number of rotatable bonds is 7. The molecule has 1 unspecified atom stereocenters. The van der Waals surface area contributed by atoms with E-state index in [1.807, 2.05) is 19.9 Å². The second-order valence-corrected chi connectivity index (χ2v) is 4.94. The first-order valence-electron chi connectivity index (χ1n) is 6.56. The summed E-state index contributed by atoms with van der Waals surface area (Å²) in [5.74, 6) is 0.418. The molecule has 20 heavy (non-hydrogen) atoms. The van der Waals surface area contributed by atoms with Crippen molar-refractivity contribution in [3.63, 3.8) is 0 Å². The first-order chi connectivity index (χ1) is 9.33. The van der Waals surface area contributed by atoms with Crippen LogP contribution in [0.3, 0.4) is 0 Å². The fourth-order valence-electron chi connectivity index (χ4n) is 1.78. The molecule has 0 bridgehead atoms. The maximum atomic E-state index is 12.0. The summed E-state index contributed by atoms with van der Waals surface area (Å²) in [7, 11) is 0. The van der Waals surface area contributed by atoms with Gasteiger partial charge in [0.25, 0.3) is 0 Å². The molecule has 2 nitrogen and oxygen atoms in total. The fourth-order valence-corrected chi connectivity index (χ4v) is 2.03. The molecule has 1 aromatic rings. The molecule has 0 aliphatic carbocycles. The Balaban J connectivity index is 2.52. The van der Waals surface area contributed by atoms with Gasteiger partial charge in [0.1, 0.15) is 5.75 Å². The van der Waals surface area contributed by atoms with Crippen LogP contribution in [-0.2, 0) is 0 Å². The molecule has 0 aromatic heterocycles. The fraction of sp³-hybridized carbons (Fsp3) is 0.571. The molecule has 1 N–H and O–H groups in total. The maximum absolute atomic E-state index is 12.0. The standard InChI is InChI=1S/C14H19ClF3NO/c1-3-19-10(2)11-5-6-13(12(15)9-11)20-8-4-7-14(16,17)18/h5-6,9-10,19H,3-4,7-8H2,1-2H3. The van der Waals surface area contributed by atoms with Crippen LogP contribution in [0, 0.1) is 0 Å². The Bertz CT molecular complexity index is 423. The predicted octanol–water partition coefficient (Wildman–Crippen LogP) is 4.73. The first-order valence-corrected chi connectivity index (χ1v) is 6.93. The molecule has 0 aliphatic heterocycles. The van der Waals surface area contributed by atoms with Gasteiger partial charge in [0.15, 0.2) is 0 Å². The largest absolute Gasteiger partial charge is 0.492 e. The third kappa shape index (κ3) is 6.01. The summed E-state index contributed by atoms with van der Waals surface area (Å²) in [5.41, 5.74) is 1.01. The van der Waals surface area contributed by atoms with Crippen LogP contribution in [0.15, 0.2) is 18.2 Å². The number of halogens is 4. The van der Waals surface area contributed by atoms with Crippen LogP contribution < -0.4 is 10.1 Å². The minimum absolute atomic E-state index is 0.00133. The third-order valence-electron chi connectivity index (χ3n) is 2.83. The summed E-state index contributed by atoms with van der Waals surface area (Å²) in [6, 6.07) is 5.49. The smallest absolute Gasteiger partial charge is 0.389 e. The van der Waals surface area contributed by atoms with Gasteiger partial charge in [0.2, 0.25) is 0 Å².